The molecule has 0 fully saturated rings. The standard InChI is InChI=1S/C7H17PS4/c8-5-7(12-4-2-10)6-11-3-1-9/h7,9-10H,1-6,8H2. The van der Waals surface area contributed by atoms with Crippen molar-refractivity contribution >= 4 is 58.0 Å². The van der Waals surface area contributed by atoms with Crippen LogP contribution in [-0.2, 0) is 0 Å². The van der Waals surface area contributed by atoms with Crippen LogP contribution in [0.3, 0.4) is 0 Å². The van der Waals surface area contributed by atoms with Crippen LogP contribution in [0.2, 0.25) is 0 Å². The van der Waals surface area contributed by atoms with Gasteiger partial charge in [-0.25, -0.2) is 0 Å². The van der Waals surface area contributed by atoms with E-state index in [2.05, 4.69) is 34.5 Å². The fraction of sp³-hybridized carbons (Fsp3) is 1.00. The lowest BCUT2D eigenvalue weighted by atomic mass is 10.5. The highest BCUT2D eigenvalue weighted by atomic mass is 32.2. The van der Waals surface area contributed by atoms with Crippen molar-refractivity contribution in [2.24, 2.45) is 0 Å². The first-order valence-corrected chi connectivity index (χ1v) is 8.24. The fourth-order valence-corrected chi connectivity index (χ4v) is 4.15. The monoisotopic (exact) mass is 260 g/mol. The average molecular weight is 260 g/mol. The molecule has 0 bridgehead atoms. The fourth-order valence-electron chi connectivity index (χ4n) is 0.683. The lowest BCUT2D eigenvalue weighted by Crippen LogP contribution is -2.09. The summed E-state index contributed by atoms with van der Waals surface area (Å²) < 4.78 is 0. The molecule has 0 aromatic rings. The minimum atomic E-state index is 0.784. The van der Waals surface area contributed by atoms with E-state index in [0.29, 0.717) is 0 Å². The van der Waals surface area contributed by atoms with E-state index in [1.54, 1.807) is 0 Å². The summed E-state index contributed by atoms with van der Waals surface area (Å²) in [6, 6.07) is 0. The number of hydrogen-bond donors (Lipinski definition) is 2. The molecule has 0 saturated carbocycles. The Morgan fingerprint density at radius 3 is 2.33 bits per heavy atom. The van der Waals surface area contributed by atoms with Gasteiger partial charge in [0.15, 0.2) is 0 Å². The van der Waals surface area contributed by atoms with E-state index in [1.165, 1.54) is 23.4 Å². The van der Waals surface area contributed by atoms with Crippen molar-refractivity contribution in [3.05, 3.63) is 0 Å². The molecule has 0 amide bonds. The summed E-state index contributed by atoms with van der Waals surface area (Å²) in [6.45, 7) is 0. The summed E-state index contributed by atoms with van der Waals surface area (Å²) in [5.74, 6) is 5.58. The first-order chi connectivity index (χ1) is 5.85. The predicted molar refractivity (Wildman–Crippen MR) is 75.9 cm³/mol. The van der Waals surface area contributed by atoms with E-state index in [9.17, 15) is 0 Å². The van der Waals surface area contributed by atoms with Crippen LogP contribution in [0.4, 0.5) is 0 Å². The zero-order valence-corrected chi connectivity index (χ0v) is 11.7. The maximum atomic E-state index is 4.20. The minimum Gasteiger partial charge on any atom is -0.179 e. The van der Waals surface area contributed by atoms with Crippen LogP contribution < -0.4 is 0 Å². The molecule has 0 radical (unpaired) electrons. The molecule has 0 aliphatic rings. The van der Waals surface area contributed by atoms with Crippen molar-refractivity contribution in [2.45, 2.75) is 5.25 Å². The molecule has 0 saturated heterocycles. The van der Waals surface area contributed by atoms with E-state index < -0.39 is 0 Å². The van der Waals surface area contributed by atoms with Crippen molar-refractivity contribution in [2.75, 3.05) is 34.9 Å². The van der Waals surface area contributed by atoms with Gasteiger partial charge in [-0.2, -0.15) is 48.8 Å². The first kappa shape index (κ1) is 13.8. The Labute approximate surface area is 97.8 Å². The van der Waals surface area contributed by atoms with Gasteiger partial charge in [-0.15, -0.1) is 9.24 Å². The van der Waals surface area contributed by atoms with Crippen LogP contribution in [0.1, 0.15) is 0 Å². The number of rotatable bonds is 8. The van der Waals surface area contributed by atoms with Gasteiger partial charge >= 0.3 is 0 Å². The van der Waals surface area contributed by atoms with Crippen LogP contribution in [0, 0.1) is 0 Å². The van der Waals surface area contributed by atoms with Crippen LogP contribution in [0.5, 0.6) is 0 Å². The second-order valence-electron chi connectivity index (χ2n) is 2.25. The van der Waals surface area contributed by atoms with Crippen LogP contribution in [0.15, 0.2) is 0 Å². The second-order valence-corrected chi connectivity index (χ2v) is 6.17. The third-order valence-corrected chi connectivity index (χ3v) is 5.82. The van der Waals surface area contributed by atoms with Crippen LogP contribution in [-0.4, -0.2) is 40.2 Å². The van der Waals surface area contributed by atoms with Gasteiger partial charge in [0.2, 0.25) is 0 Å². The topological polar surface area (TPSA) is 0 Å². The zero-order chi connectivity index (χ0) is 9.23. The Morgan fingerprint density at radius 1 is 1.17 bits per heavy atom. The molecule has 0 rings (SSSR count). The van der Waals surface area contributed by atoms with Crippen molar-refractivity contribution in [1.29, 1.82) is 0 Å². The van der Waals surface area contributed by atoms with Gasteiger partial charge < -0.3 is 0 Å². The molecule has 74 valence electrons. The summed E-state index contributed by atoms with van der Waals surface area (Å²) >= 11 is 12.4. The molecule has 0 nitrogen and oxygen atoms in total. The minimum absolute atomic E-state index is 0.784. The van der Waals surface area contributed by atoms with Gasteiger partial charge in [0.05, 0.1) is 0 Å². The summed E-state index contributed by atoms with van der Waals surface area (Å²) in [5.41, 5.74) is 0. The second kappa shape index (κ2) is 10.9. The average Bonchev–Trinajstić information content (AvgIpc) is 2.11. The Hall–Kier alpha value is 1.83. The van der Waals surface area contributed by atoms with Gasteiger partial charge in [0.1, 0.15) is 0 Å². The Bertz CT molecular complexity index is 91.5. The van der Waals surface area contributed by atoms with Gasteiger partial charge in [0, 0.05) is 22.5 Å². The molecule has 5 heteroatoms. The van der Waals surface area contributed by atoms with Gasteiger partial charge in [-0.05, 0) is 17.7 Å². The highest BCUT2D eigenvalue weighted by Crippen LogP contribution is 2.18. The Balaban J connectivity index is 3.26. The SMILES string of the molecule is PCC(CSCCS)SCCS. The lowest BCUT2D eigenvalue weighted by Gasteiger charge is -2.12. The molecular formula is C7H17PS4. The molecule has 2 unspecified atom stereocenters. The smallest absolute Gasteiger partial charge is 0.0172 e. The molecule has 0 aromatic carbocycles. The van der Waals surface area contributed by atoms with E-state index in [1.807, 2.05) is 23.5 Å². The summed E-state index contributed by atoms with van der Waals surface area (Å²) in [4.78, 5) is 0. The van der Waals surface area contributed by atoms with Crippen molar-refractivity contribution in [1.82, 2.24) is 0 Å². The van der Waals surface area contributed by atoms with Gasteiger partial charge in [-0.1, -0.05) is 0 Å². The van der Waals surface area contributed by atoms with Crippen LogP contribution >= 0.6 is 58.0 Å². The summed E-state index contributed by atoms with van der Waals surface area (Å²) in [6.07, 6.45) is 1.19. The molecule has 2 atom stereocenters. The first-order valence-electron chi connectivity index (χ1n) is 3.96. The molecule has 0 N–H and O–H groups in total. The maximum absolute atomic E-state index is 4.20. The molecule has 0 aliphatic carbocycles. The third-order valence-electron chi connectivity index (χ3n) is 1.25. The van der Waals surface area contributed by atoms with E-state index in [-0.39, 0.29) is 0 Å². The number of hydrogen-bond acceptors (Lipinski definition) is 4. The summed E-state index contributed by atoms with van der Waals surface area (Å²) in [7, 11) is 2.82. The van der Waals surface area contributed by atoms with E-state index >= 15 is 0 Å². The Morgan fingerprint density at radius 2 is 1.83 bits per heavy atom. The normalized spacial score (nSPS) is 13.2. The van der Waals surface area contributed by atoms with Crippen molar-refractivity contribution < 1.29 is 0 Å². The quantitative estimate of drug-likeness (QED) is 0.391. The highest BCUT2D eigenvalue weighted by molar-refractivity contribution is 8.04. The molecule has 0 aromatic heterocycles. The number of thiol groups is 2. The van der Waals surface area contributed by atoms with Crippen molar-refractivity contribution in [3.8, 4) is 0 Å². The number of thioether (sulfide) groups is 2. The van der Waals surface area contributed by atoms with Crippen molar-refractivity contribution in [3.63, 3.8) is 0 Å². The molecule has 12 heavy (non-hydrogen) atoms. The molecular weight excluding hydrogens is 243 g/mol. The van der Waals surface area contributed by atoms with Gasteiger partial charge in [-0.3, -0.25) is 0 Å². The molecule has 0 heterocycles. The van der Waals surface area contributed by atoms with E-state index in [0.717, 1.165) is 16.8 Å². The Kier molecular flexibility index (Phi) is 12.6. The molecule has 0 spiro atoms. The van der Waals surface area contributed by atoms with Gasteiger partial charge in [0.25, 0.3) is 0 Å². The third kappa shape index (κ3) is 8.43. The van der Waals surface area contributed by atoms with E-state index in [4.69, 9.17) is 0 Å². The largest absolute Gasteiger partial charge is 0.179 e. The molecule has 0 aliphatic heterocycles. The predicted octanol–water partition coefficient (Wildman–Crippen LogP) is 2.56. The van der Waals surface area contributed by atoms with Crippen LogP contribution in [0.25, 0.3) is 0 Å². The maximum Gasteiger partial charge on any atom is 0.0172 e. The zero-order valence-electron chi connectivity index (χ0n) is 7.11. The summed E-state index contributed by atoms with van der Waals surface area (Å²) in [5, 5.41) is 0.784. The lowest BCUT2D eigenvalue weighted by molar-refractivity contribution is 1.15. The highest BCUT2D eigenvalue weighted by Gasteiger charge is 2.05.